The van der Waals surface area contributed by atoms with Crippen LogP contribution >= 0.6 is 0 Å². The Morgan fingerprint density at radius 3 is 1.96 bits per heavy atom. The molecule has 0 unspecified atom stereocenters. The summed E-state index contributed by atoms with van der Waals surface area (Å²) in [6.07, 6.45) is 0. The van der Waals surface area contributed by atoms with E-state index in [4.69, 9.17) is 0 Å². The standard InChI is InChI=1S/C23H18.2C2H6/c1-23(2)19-12-6-5-11-18(19)22-17-10-4-3-8-15(17)14-16-9-7-13-20(23)21(16)22;2*1-2/h3-14H,1-2H3;2*1-2H3. The lowest BCUT2D eigenvalue weighted by molar-refractivity contribution is 0.645. The average molecular weight is 355 g/mol. The molecule has 0 heteroatoms. The molecule has 0 nitrogen and oxygen atoms in total. The molecule has 1 aliphatic carbocycles. The zero-order chi connectivity index (χ0) is 19.6. The van der Waals surface area contributed by atoms with Gasteiger partial charge in [0.2, 0.25) is 0 Å². The Labute approximate surface area is 163 Å². The van der Waals surface area contributed by atoms with Crippen molar-refractivity contribution >= 4 is 21.5 Å². The van der Waals surface area contributed by atoms with Crippen LogP contribution in [0.5, 0.6) is 0 Å². The molecular weight excluding hydrogens is 324 g/mol. The van der Waals surface area contributed by atoms with Crippen molar-refractivity contribution in [2.24, 2.45) is 0 Å². The molecule has 0 fully saturated rings. The highest BCUT2D eigenvalue weighted by Gasteiger charge is 2.33. The highest BCUT2D eigenvalue weighted by Crippen LogP contribution is 2.50. The molecule has 1 aliphatic rings. The van der Waals surface area contributed by atoms with Crippen molar-refractivity contribution in [1.82, 2.24) is 0 Å². The predicted octanol–water partition coefficient (Wildman–Crippen LogP) is 8.35. The molecule has 0 saturated carbocycles. The smallest absolute Gasteiger partial charge is 0.0159 e. The Morgan fingerprint density at radius 1 is 0.593 bits per heavy atom. The van der Waals surface area contributed by atoms with E-state index in [0.29, 0.717) is 0 Å². The molecule has 0 radical (unpaired) electrons. The summed E-state index contributed by atoms with van der Waals surface area (Å²) >= 11 is 0. The van der Waals surface area contributed by atoms with E-state index < -0.39 is 0 Å². The Morgan fingerprint density at radius 2 is 1.19 bits per heavy atom. The van der Waals surface area contributed by atoms with Crippen LogP contribution in [0.4, 0.5) is 0 Å². The van der Waals surface area contributed by atoms with E-state index in [1.165, 1.54) is 43.8 Å². The van der Waals surface area contributed by atoms with Crippen molar-refractivity contribution in [2.45, 2.75) is 47.0 Å². The first-order chi connectivity index (χ1) is 13.2. The van der Waals surface area contributed by atoms with Crippen LogP contribution in [-0.2, 0) is 5.41 Å². The van der Waals surface area contributed by atoms with Crippen molar-refractivity contribution in [3.8, 4) is 11.1 Å². The van der Waals surface area contributed by atoms with Crippen LogP contribution in [0.2, 0.25) is 0 Å². The third-order valence-electron chi connectivity index (χ3n) is 5.43. The minimum Gasteiger partial charge on any atom is -0.0683 e. The van der Waals surface area contributed by atoms with Crippen LogP contribution in [0.15, 0.2) is 72.8 Å². The fraction of sp³-hybridized carbons (Fsp3) is 0.259. The zero-order valence-electron chi connectivity index (χ0n) is 17.4. The van der Waals surface area contributed by atoms with E-state index >= 15 is 0 Å². The Bertz CT molecular complexity index is 1080. The number of hydrogen-bond donors (Lipinski definition) is 0. The largest absolute Gasteiger partial charge is 0.0683 e. The summed E-state index contributed by atoms with van der Waals surface area (Å²) in [5.74, 6) is 0. The van der Waals surface area contributed by atoms with Gasteiger partial charge >= 0.3 is 0 Å². The highest BCUT2D eigenvalue weighted by atomic mass is 14.4. The average Bonchev–Trinajstić information content (AvgIpc) is 2.74. The molecule has 27 heavy (non-hydrogen) atoms. The molecule has 5 rings (SSSR count). The lowest BCUT2D eigenvalue weighted by atomic mass is 9.68. The van der Waals surface area contributed by atoms with Gasteiger partial charge in [0.25, 0.3) is 0 Å². The summed E-state index contributed by atoms with van der Waals surface area (Å²) in [5.41, 5.74) is 5.69. The third kappa shape index (κ3) is 2.84. The maximum atomic E-state index is 2.35. The lowest BCUT2D eigenvalue weighted by Crippen LogP contribution is -2.23. The van der Waals surface area contributed by atoms with E-state index in [9.17, 15) is 0 Å². The summed E-state index contributed by atoms with van der Waals surface area (Å²) < 4.78 is 0. The van der Waals surface area contributed by atoms with Crippen LogP contribution < -0.4 is 0 Å². The van der Waals surface area contributed by atoms with Crippen molar-refractivity contribution in [1.29, 1.82) is 0 Å². The summed E-state index contributed by atoms with van der Waals surface area (Å²) in [4.78, 5) is 0. The van der Waals surface area contributed by atoms with Crippen LogP contribution in [0, 0.1) is 0 Å². The Kier molecular flexibility index (Phi) is 5.37. The van der Waals surface area contributed by atoms with Crippen LogP contribution in [-0.4, -0.2) is 0 Å². The van der Waals surface area contributed by atoms with Gasteiger partial charge in [-0.15, -0.1) is 0 Å². The highest BCUT2D eigenvalue weighted by molar-refractivity contribution is 6.16. The van der Waals surface area contributed by atoms with Gasteiger partial charge < -0.3 is 0 Å². The topological polar surface area (TPSA) is 0 Å². The first-order valence-electron chi connectivity index (χ1n) is 10.2. The predicted molar refractivity (Wildman–Crippen MR) is 122 cm³/mol. The van der Waals surface area contributed by atoms with Crippen molar-refractivity contribution in [3.05, 3.63) is 83.9 Å². The second kappa shape index (κ2) is 7.56. The van der Waals surface area contributed by atoms with E-state index in [1.807, 2.05) is 27.7 Å². The van der Waals surface area contributed by atoms with Gasteiger partial charge in [0, 0.05) is 5.41 Å². The molecule has 0 atom stereocenters. The summed E-state index contributed by atoms with van der Waals surface area (Å²) in [6, 6.07) is 26.7. The van der Waals surface area contributed by atoms with E-state index in [1.54, 1.807) is 0 Å². The van der Waals surface area contributed by atoms with Crippen molar-refractivity contribution in [3.63, 3.8) is 0 Å². The number of rotatable bonds is 0. The van der Waals surface area contributed by atoms with Gasteiger partial charge in [-0.3, -0.25) is 0 Å². The molecule has 0 bridgehead atoms. The molecule has 0 amide bonds. The summed E-state index contributed by atoms with van der Waals surface area (Å²) in [7, 11) is 0. The van der Waals surface area contributed by atoms with Gasteiger partial charge in [0.1, 0.15) is 0 Å². The second-order valence-electron chi connectivity index (χ2n) is 7.05. The minimum absolute atomic E-state index is 0.0333. The number of fused-ring (bicyclic) bond motifs is 4. The quantitative estimate of drug-likeness (QED) is 0.278. The molecule has 4 aromatic carbocycles. The first-order valence-corrected chi connectivity index (χ1v) is 10.2. The van der Waals surface area contributed by atoms with E-state index in [2.05, 4.69) is 86.6 Å². The zero-order valence-corrected chi connectivity index (χ0v) is 17.4. The second-order valence-corrected chi connectivity index (χ2v) is 7.05. The molecule has 0 aromatic heterocycles. The van der Waals surface area contributed by atoms with Gasteiger partial charge in [-0.05, 0) is 49.9 Å². The lowest BCUT2D eigenvalue weighted by Gasteiger charge is -2.35. The normalized spacial score (nSPS) is 13.1. The molecule has 138 valence electrons. The molecule has 0 N–H and O–H groups in total. The van der Waals surface area contributed by atoms with E-state index in [0.717, 1.165) is 0 Å². The minimum atomic E-state index is 0.0333. The van der Waals surface area contributed by atoms with Gasteiger partial charge in [0.05, 0.1) is 0 Å². The van der Waals surface area contributed by atoms with E-state index in [-0.39, 0.29) is 5.41 Å². The molecule has 0 heterocycles. The maximum Gasteiger partial charge on any atom is 0.0159 e. The molecule has 4 aromatic rings. The summed E-state index contributed by atoms with van der Waals surface area (Å²) in [5, 5.41) is 5.45. The van der Waals surface area contributed by atoms with Gasteiger partial charge in [-0.25, -0.2) is 0 Å². The van der Waals surface area contributed by atoms with Gasteiger partial charge in [0.15, 0.2) is 0 Å². The molecule has 0 saturated heterocycles. The van der Waals surface area contributed by atoms with Crippen molar-refractivity contribution < 1.29 is 0 Å². The van der Waals surface area contributed by atoms with Gasteiger partial charge in [-0.1, -0.05) is 108 Å². The first kappa shape index (κ1) is 19.2. The van der Waals surface area contributed by atoms with Crippen LogP contribution in [0.25, 0.3) is 32.7 Å². The maximum absolute atomic E-state index is 2.35. The van der Waals surface area contributed by atoms with Gasteiger partial charge in [-0.2, -0.15) is 0 Å². The van der Waals surface area contributed by atoms with Crippen molar-refractivity contribution in [2.75, 3.05) is 0 Å². The Balaban J connectivity index is 0.000000495. The number of benzene rings is 4. The monoisotopic (exact) mass is 354 g/mol. The molecule has 0 aliphatic heterocycles. The fourth-order valence-corrected chi connectivity index (χ4v) is 4.31. The molecular formula is C27H30. The molecule has 0 spiro atoms. The summed E-state index contributed by atoms with van der Waals surface area (Å²) in [6.45, 7) is 12.7. The fourth-order valence-electron chi connectivity index (χ4n) is 4.31. The third-order valence-corrected chi connectivity index (χ3v) is 5.43. The SMILES string of the molecule is CC.CC.CC1(C)c2ccccc2-c2c3ccccc3cc3cccc1c23. The van der Waals surface area contributed by atoms with Crippen LogP contribution in [0.3, 0.4) is 0 Å². The van der Waals surface area contributed by atoms with Crippen LogP contribution in [0.1, 0.15) is 52.7 Å². The number of hydrogen-bond acceptors (Lipinski definition) is 0. The Hall–Kier alpha value is -2.60.